The summed E-state index contributed by atoms with van der Waals surface area (Å²) in [7, 11) is 0. The fourth-order valence-corrected chi connectivity index (χ4v) is 4.17. The standard InChI is InChI=1S/C23H23F3N8O2/c1-22(2,3)31-21(35)15-10-28-18(11-27-15)33-8-6-13-19(30-12-29-13)20(33)14-9-16-17(36-23(24,25)26)5-4-7-34(16)32-14/h4-5,7,9-12,20H,6,8H2,1-3H3,(H,29,30)(H,31,35)/t20-/m1/s1. The zero-order valence-corrected chi connectivity index (χ0v) is 19.7. The van der Waals surface area contributed by atoms with Gasteiger partial charge in [0.1, 0.15) is 23.1 Å². The first-order chi connectivity index (χ1) is 17.0. The molecule has 0 saturated heterocycles. The van der Waals surface area contributed by atoms with Crippen molar-refractivity contribution in [2.75, 3.05) is 11.4 Å². The summed E-state index contributed by atoms with van der Waals surface area (Å²) in [5.74, 6) is -0.226. The molecule has 0 fully saturated rings. The number of fused-ring (bicyclic) bond motifs is 2. The molecule has 2 N–H and O–H groups in total. The van der Waals surface area contributed by atoms with E-state index in [2.05, 4.69) is 35.1 Å². The zero-order valence-electron chi connectivity index (χ0n) is 19.7. The molecule has 4 aromatic rings. The topological polar surface area (TPSA) is 113 Å². The molecule has 0 unspecified atom stereocenters. The molecule has 1 aliphatic rings. The Morgan fingerprint density at radius 2 is 2.00 bits per heavy atom. The van der Waals surface area contributed by atoms with Gasteiger partial charge >= 0.3 is 6.36 Å². The van der Waals surface area contributed by atoms with Crippen molar-refractivity contribution in [2.45, 2.75) is 45.1 Å². The molecule has 1 amide bonds. The Morgan fingerprint density at radius 1 is 1.19 bits per heavy atom. The number of pyridine rings is 1. The van der Waals surface area contributed by atoms with E-state index >= 15 is 0 Å². The number of rotatable bonds is 4. The Labute approximate surface area is 203 Å². The Bertz CT molecular complexity index is 1410. The minimum atomic E-state index is -4.84. The van der Waals surface area contributed by atoms with Gasteiger partial charge in [-0.3, -0.25) is 4.79 Å². The molecule has 0 radical (unpaired) electrons. The molecule has 0 spiro atoms. The number of aromatic amines is 1. The third-order valence-electron chi connectivity index (χ3n) is 5.57. The predicted octanol–water partition coefficient (Wildman–Crippen LogP) is 3.43. The summed E-state index contributed by atoms with van der Waals surface area (Å²) in [4.78, 5) is 30.7. The molecule has 5 heterocycles. The minimum Gasteiger partial charge on any atom is -0.403 e. The van der Waals surface area contributed by atoms with E-state index < -0.39 is 17.9 Å². The van der Waals surface area contributed by atoms with Crippen LogP contribution in [-0.2, 0) is 6.42 Å². The highest BCUT2D eigenvalue weighted by molar-refractivity contribution is 5.92. The Kier molecular flexibility index (Phi) is 5.57. The summed E-state index contributed by atoms with van der Waals surface area (Å²) in [5, 5.41) is 7.37. The number of nitrogens with zero attached hydrogens (tertiary/aromatic N) is 6. The lowest BCUT2D eigenvalue weighted by atomic mass is 10.00. The molecule has 0 aromatic carbocycles. The quantitative estimate of drug-likeness (QED) is 0.441. The molecular formula is C23H23F3N8O2. The average molecular weight is 500 g/mol. The van der Waals surface area contributed by atoms with Gasteiger partial charge in [0.2, 0.25) is 0 Å². The maximum absolute atomic E-state index is 12.9. The molecule has 36 heavy (non-hydrogen) atoms. The van der Waals surface area contributed by atoms with Crippen LogP contribution in [0.3, 0.4) is 0 Å². The first-order valence-corrected chi connectivity index (χ1v) is 11.2. The van der Waals surface area contributed by atoms with Gasteiger partial charge < -0.3 is 19.9 Å². The number of halogens is 3. The van der Waals surface area contributed by atoms with Gasteiger partial charge in [-0.2, -0.15) is 5.10 Å². The van der Waals surface area contributed by atoms with Crippen LogP contribution in [0.25, 0.3) is 5.52 Å². The van der Waals surface area contributed by atoms with Gasteiger partial charge in [-0.05, 0) is 39.0 Å². The molecule has 1 aliphatic heterocycles. The Hall–Kier alpha value is -4.16. The number of anilines is 1. The monoisotopic (exact) mass is 500 g/mol. The zero-order chi connectivity index (χ0) is 25.7. The maximum Gasteiger partial charge on any atom is 0.573 e. The van der Waals surface area contributed by atoms with Crippen molar-refractivity contribution in [3.05, 3.63) is 65.9 Å². The number of imidazole rings is 1. The van der Waals surface area contributed by atoms with Gasteiger partial charge in [0.15, 0.2) is 5.75 Å². The number of H-pyrrole nitrogens is 1. The van der Waals surface area contributed by atoms with Crippen LogP contribution in [0.4, 0.5) is 19.0 Å². The summed E-state index contributed by atoms with van der Waals surface area (Å²) < 4.78 is 44.3. The van der Waals surface area contributed by atoms with Crippen LogP contribution in [0.15, 0.2) is 43.1 Å². The number of nitrogens with one attached hydrogen (secondary N) is 2. The fourth-order valence-electron chi connectivity index (χ4n) is 4.17. The molecule has 4 aromatic heterocycles. The van der Waals surface area contributed by atoms with Crippen LogP contribution >= 0.6 is 0 Å². The molecule has 188 valence electrons. The SMILES string of the molecule is CC(C)(C)NC(=O)c1cnc(N2CCc3[nH]cnc3[C@H]2c2cc3c(OC(F)(F)F)cccn3n2)cn1. The molecule has 0 bridgehead atoms. The first-order valence-electron chi connectivity index (χ1n) is 11.2. The van der Waals surface area contributed by atoms with Crippen molar-refractivity contribution >= 4 is 17.2 Å². The second kappa shape index (κ2) is 8.50. The van der Waals surface area contributed by atoms with E-state index in [9.17, 15) is 18.0 Å². The third kappa shape index (κ3) is 4.68. The summed E-state index contributed by atoms with van der Waals surface area (Å²) >= 11 is 0. The van der Waals surface area contributed by atoms with Crippen LogP contribution in [0, 0.1) is 0 Å². The number of carbonyl (C=O) groups excluding carboxylic acids is 1. The van der Waals surface area contributed by atoms with Crippen LogP contribution < -0.4 is 15.0 Å². The smallest absolute Gasteiger partial charge is 0.403 e. The maximum atomic E-state index is 12.9. The van der Waals surface area contributed by atoms with Gasteiger partial charge in [-0.15, -0.1) is 13.2 Å². The normalized spacial score (nSPS) is 16.2. The van der Waals surface area contributed by atoms with Crippen LogP contribution in [0.2, 0.25) is 0 Å². The van der Waals surface area contributed by atoms with Crippen molar-refractivity contribution < 1.29 is 22.7 Å². The van der Waals surface area contributed by atoms with E-state index in [4.69, 9.17) is 0 Å². The first kappa shape index (κ1) is 23.6. The Morgan fingerprint density at radius 3 is 2.69 bits per heavy atom. The predicted molar refractivity (Wildman–Crippen MR) is 123 cm³/mol. The number of aromatic nitrogens is 6. The van der Waals surface area contributed by atoms with Crippen molar-refractivity contribution in [1.82, 2.24) is 34.9 Å². The molecule has 13 heteroatoms. The van der Waals surface area contributed by atoms with Crippen LogP contribution in [0.1, 0.15) is 54.4 Å². The fraction of sp³-hybridized carbons (Fsp3) is 0.348. The largest absolute Gasteiger partial charge is 0.573 e. The summed E-state index contributed by atoms with van der Waals surface area (Å²) in [5.41, 5.74) is 1.94. The summed E-state index contributed by atoms with van der Waals surface area (Å²) in [6.07, 6.45) is 1.80. The van der Waals surface area contributed by atoms with Gasteiger partial charge in [-0.25, -0.2) is 19.5 Å². The second-order valence-corrected chi connectivity index (χ2v) is 9.40. The summed E-state index contributed by atoms with van der Waals surface area (Å²) in [6.45, 7) is 6.12. The van der Waals surface area contributed by atoms with Crippen molar-refractivity contribution in [2.24, 2.45) is 0 Å². The molecule has 0 aliphatic carbocycles. The van der Waals surface area contributed by atoms with Gasteiger partial charge in [0.25, 0.3) is 5.91 Å². The van der Waals surface area contributed by atoms with E-state index in [1.54, 1.807) is 18.6 Å². The number of alkyl halides is 3. The number of hydrogen-bond donors (Lipinski definition) is 2. The number of carbonyl (C=O) groups is 1. The Balaban J connectivity index is 1.52. The number of amides is 1. The second-order valence-electron chi connectivity index (χ2n) is 9.40. The van der Waals surface area contributed by atoms with E-state index in [1.165, 1.54) is 29.0 Å². The van der Waals surface area contributed by atoms with Gasteiger partial charge in [0, 0.05) is 30.4 Å². The van der Waals surface area contributed by atoms with E-state index in [0.29, 0.717) is 30.2 Å². The molecular weight excluding hydrogens is 477 g/mol. The number of hydrogen-bond acceptors (Lipinski definition) is 7. The van der Waals surface area contributed by atoms with E-state index in [0.717, 1.165) is 5.69 Å². The lowest BCUT2D eigenvalue weighted by Gasteiger charge is -2.34. The average Bonchev–Trinajstić information content (AvgIpc) is 3.44. The highest BCUT2D eigenvalue weighted by Crippen LogP contribution is 2.37. The molecule has 5 rings (SSSR count). The highest BCUT2D eigenvalue weighted by atomic mass is 19.4. The molecule has 10 nitrogen and oxygen atoms in total. The van der Waals surface area contributed by atoms with E-state index in [-0.39, 0.29) is 22.9 Å². The number of ether oxygens (including phenoxy) is 1. The minimum absolute atomic E-state index is 0.160. The van der Waals surface area contributed by atoms with Crippen molar-refractivity contribution in [3.63, 3.8) is 0 Å². The van der Waals surface area contributed by atoms with Gasteiger partial charge in [0.05, 0.1) is 30.1 Å². The summed E-state index contributed by atoms with van der Waals surface area (Å²) in [6, 6.07) is 3.65. The van der Waals surface area contributed by atoms with Crippen molar-refractivity contribution in [3.8, 4) is 5.75 Å². The van der Waals surface area contributed by atoms with Crippen LogP contribution in [0.5, 0.6) is 5.75 Å². The van der Waals surface area contributed by atoms with E-state index in [1.807, 2.05) is 25.7 Å². The third-order valence-corrected chi connectivity index (χ3v) is 5.57. The lowest BCUT2D eigenvalue weighted by molar-refractivity contribution is -0.274. The van der Waals surface area contributed by atoms with Crippen LogP contribution in [-0.4, -0.2) is 53.9 Å². The highest BCUT2D eigenvalue weighted by Gasteiger charge is 2.36. The molecule has 0 saturated carbocycles. The molecule has 1 atom stereocenters. The van der Waals surface area contributed by atoms with Crippen molar-refractivity contribution in [1.29, 1.82) is 0 Å². The lowest BCUT2D eigenvalue weighted by Crippen LogP contribution is -2.41. The van der Waals surface area contributed by atoms with Gasteiger partial charge in [-0.1, -0.05) is 0 Å².